The van der Waals surface area contributed by atoms with Crippen molar-refractivity contribution in [1.29, 1.82) is 0 Å². The zero-order valence-corrected chi connectivity index (χ0v) is 16.2. The normalized spacial score (nSPS) is 36.6. The van der Waals surface area contributed by atoms with E-state index in [1.807, 2.05) is 0 Å². The van der Waals surface area contributed by atoms with Crippen molar-refractivity contribution < 1.29 is 9.84 Å². The van der Waals surface area contributed by atoms with Crippen molar-refractivity contribution >= 4 is 0 Å². The summed E-state index contributed by atoms with van der Waals surface area (Å²) >= 11 is 0. The van der Waals surface area contributed by atoms with Crippen LogP contribution in [0.2, 0.25) is 0 Å². The van der Waals surface area contributed by atoms with Gasteiger partial charge in [0.1, 0.15) is 0 Å². The van der Waals surface area contributed by atoms with Gasteiger partial charge < -0.3 is 9.84 Å². The second-order valence-electron chi connectivity index (χ2n) is 8.97. The quantitative estimate of drug-likeness (QED) is 0.898. The van der Waals surface area contributed by atoms with Gasteiger partial charge in [0.15, 0.2) is 0 Å². The first-order valence-electron chi connectivity index (χ1n) is 10.4. The van der Waals surface area contributed by atoms with E-state index in [-0.39, 0.29) is 5.41 Å². The van der Waals surface area contributed by atoms with Gasteiger partial charge in [-0.1, -0.05) is 37.3 Å². The molecule has 144 valence electrons. The predicted octanol–water partition coefficient (Wildman–Crippen LogP) is 2.66. The molecule has 0 aromatic heterocycles. The maximum absolute atomic E-state index is 11.2. The molecule has 3 unspecified atom stereocenters. The van der Waals surface area contributed by atoms with E-state index < -0.39 is 5.60 Å². The lowest BCUT2D eigenvalue weighted by Crippen LogP contribution is -2.57. The van der Waals surface area contributed by atoms with Gasteiger partial charge in [-0.05, 0) is 37.7 Å². The number of fused-ring (bicyclic) bond motifs is 1. The zero-order valence-electron chi connectivity index (χ0n) is 16.2. The molecule has 1 aromatic rings. The molecule has 3 fully saturated rings. The summed E-state index contributed by atoms with van der Waals surface area (Å²) in [6.07, 6.45) is 5.19. The number of ether oxygens (including phenoxy) is 1. The van der Waals surface area contributed by atoms with Crippen molar-refractivity contribution in [2.24, 2.45) is 0 Å². The molecular weight excluding hydrogens is 324 g/mol. The van der Waals surface area contributed by atoms with Gasteiger partial charge in [-0.2, -0.15) is 0 Å². The molecule has 3 saturated heterocycles. The van der Waals surface area contributed by atoms with E-state index in [0.29, 0.717) is 6.04 Å². The van der Waals surface area contributed by atoms with Crippen LogP contribution in [-0.2, 0) is 10.2 Å². The topological polar surface area (TPSA) is 35.9 Å². The van der Waals surface area contributed by atoms with Gasteiger partial charge in [-0.25, -0.2) is 0 Å². The summed E-state index contributed by atoms with van der Waals surface area (Å²) in [7, 11) is 0. The van der Waals surface area contributed by atoms with Crippen LogP contribution in [0.25, 0.3) is 0 Å². The lowest BCUT2D eigenvalue weighted by Gasteiger charge is -2.52. The van der Waals surface area contributed by atoms with Crippen molar-refractivity contribution in [3.8, 4) is 0 Å². The Morgan fingerprint density at radius 1 is 1.12 bits per heavy atom. The van der Waals surface area contributed by atoms with Crippen LogP contribution in [0, 0.1) is 0 Å². The SMILES string of the molecule is CC1(c2ccccc2)CCC2CC(O)(CCN3CCOCC3)CCN2C1. The fourth-order valence-corrected chi connectivity index (χ4v) is 5.20. The third-order valence-corrected chi connectivity index (χ3v) is 7.05. The van der Waals surface area contributed by atoms with Crippen molar-refractivity contribution in [2.45, 2.75) is 56.1 Å². The minimum Gasteiger partial charge on any atom is -0.390 e. The number of morpholine rings is 1. The summed E-state index contributed by atoms with van der Waals surface area (Å²) < 4.78 is 5.43. The molecule has 0 aliphatic carbocycles. The van der Waals surface area contributed by atoms with Crippen molar-refractivity contribution in [1.82, 2.24) is 9.80 Å². The van der Waals surface area contributed by atoms with Gasteiger partial charge in [0.25, 0.3) is 0 Å². The Bertz CT molecular complexity index is 589. The summed E-state index contributed by atoms with van der Waals surface area (Å²) in [6, 6.07) is 11.5. The smallest absolute Gasteiger partial charge is 0.0687 e. The monoisotopic (exact) mass is 358 g/mol. The molecule has 0 saturated carbocycles. The largest absolute Gasteiger partial charge is 0.390 e. The third-order valence-electron chi connectivity index (χ3n) is 7.05. The first-order valence-corrected chi connectivity index (χ1v) is 10.4. The van der Waals surface area contributed by atoms with E-state index in [0.717, 1.165) is 65.2 Å². The van der Waals surface area contributed by atoms with E-state index in [9.17, 15) is 5.11 Å². The minimum atomic E-state index is -0.472. The first-order chi connectivity index (χ1) is 12.6. The average Bonchev–Trinajstić information content (AvgIpc) is 2.69. The predicted molar refractivity (Wildman–Crippen MR) is 104 cm³/mol. The Kier molecular flexibility index (Phi) is 5.38. The fraction of sp³-hybridized carbons (Fsp3) is 0.727. The molecule has 0 amide bonds. The number of aliphatic hydroxyl groups is 1. The molecule has 0 radical (unpaired) electrons. The number of hydrogen-bond acceptors (Lipinski definition) is 4. The zero-order chi connectivity index (χ0) is 18.0. The Hall–Kier alpha value is -0.940. The highest BCUT2D eigenvalue weighted by atomic mass is 16.5. The molecule has 4 nitrogen and oxygen atoms in total. The molecule has 4 heteroatoms. The van der Waals surface area contributed by atoms with Crippen LogP contribution < -0.4 is 0 Å². The Labute approximate surface area is 158 Å². The summed E-state index contributed by atoms with van der Waals surface area (Å²) in [5, 5.41) is 11.2. The number of rotatable bonds is 4. The molecule has 0 bridgehead atoms. The molecular formula is C22H34N2O2. The minimum absolute atomic E-state index is 0.251. The van der Waals surface area contributed by atoms with E-state index in [2.05, 4.69) is 47.1 Å². The maximum atomic E-state index is 11.2. The number of nitrogens with zero attached hydrogens (tertiary/aromatic N) is 2. The fourth-order valence-electron chi connectivity index (χ4n) is 5.20. The summed E-state index contributed by atoms with van der Waals surface area (Å²) in [5.41, 5.74) is 1.24. The van der Waals surface area contributed by atoms with Crippen LogP contribution in [0.5, 0.6) is 0 Å². The van der Waals surface area contributed by atoms with Crippen LogP contribution in [0.15, 0.2) is 30.3 Å². The van der Waals surface area contributed by atoms with Crippen molar-refractivity contribution in [3.05, 3.63) is 35.9 Å². The highest BCUT2D eigenvalue weighted by molar-refractivity contribution is 5.26. The van der Waals surface area contributed by atoms with Crippen LogP contribution in [0.3, 0.4) is 0 Å². The lowest BCUT2D eigenvalue weighted by molar-refractivity contribution is -0.0776. The van der Waals surface area contributed by atoms with Gasteiger partial charge >= 0.3 is 0 Å². The molecule has 0 spiro atoms. The lowest BCUT2D eigenvalue weighted by atomic mass is 9.70. The van der Waals surface area contributed by atoms with Gasteiger partial charge in [-0.15, -0.1) is 0 Å². The van der Waals surface area contributed by atoms with Crippen molar-refractivity contribution in [3.63, 3.8) is 0 Å². The summed E-state index contributed by atoms with van der Waals surface area (Å²) in [4.78, 5) is 5.10. The number of benzene rings is 1. The van der Waals surface area contributed by atoms with E-state index >= 15 is 0 Å². The van der Waals surface area contributed by atoms with Crippen LogP contribution in [0.1, 0.15) is 44.6 Å². The van der Waals surface area contributed by atoms with Crippen LogP contribution in [-0.4, -0.2) is 72.5 Å². The summed E-state index contributed by atoms with van der Waals surface area (Å²) in [6.45, 7) is 9.29. The molecule has 1 aromatic carbocycles. The molecule has 1 N–H and O–H groups in total. The van der Waals surface area contributed by atoms with E-state index in [1.54, 1.807) is 0 Å². The molecule has 4 rings (SSSR count). The summed E-state index contributed by atoms with van der Waals surface area (Å²) in [5.74, 6) is 0. The van der Waals surface area contributed by atoms with Gasteiger partial charge in [-0.3, -0.25) is 9.80 Å². The van der Waals surface area contributed by atoms with Crippen molar-refractivity contribution in [2.75, 3.05) is 45.9 Å². The second kappa shape index (κ2) is 7.59. The third kappa shape index (κ3) is 3.99. The van der Waals surface area contributed by atoms with Gasteiger partial charge in [0.05, 0.1) is 18.8 Å². The van der Waals surface area contributed by atoms with Crippen LogP contribution >= 0.6 is 0 Å². The highest BCUT2D eigenvalue weighted by Crippen LogP contribution is 2.41. The van der Waals surface area contributed by atoms with Gasteiger partial charge in [0.2, 0.25) is 0 Å². The number of hydrogen-bond donors (Lipinski definition) is 1. The molecule has 3 aliphatic rings. The van der Waals surface area contributed by atoms with Gasteiger partial charge in [0, 0.05) is 44.2 Å². The Morgan fingerprint density at radius 3 is 2.65 bits per heavy atom. The van der Waals surface area contributed by atoms with E-state index in [4.69, 9.17) is 4.74 Å². The standard InChI is InChI=1S/C22H34N2O2/c1-21(19-5-3-2-4-6-19)8-7-20-17-22(25,10-12-24(20)18-21)9-11-23-13-15-26-16-14-23/h2-6,20,25H,7-18H2,1H3. The number of piperidine rings is 2. The Morgan fingerprint density at radius 2 is 1.88 bits per heavy atom. The first kappa shape index (κ1) is 18.4. The van der Waals surface area contributed by atoms with E-state index in [1.165, 1.54) is 18.4 Å². The molecule has 3 aliphatic heterocycles. The molecule has 3 atom stereocenters. The van der Waals surface area contributed by atoms with Crippen LogP contribution in [0.4, 0.5) is 0 Å². The Balaban J connectivity index is 1.34. The average molecular weight is 359 g/mol. The maximum Gasteiger partial charge on any atom is 0.0687 e. The molecule has 3 heterocycles. The second-order valence-corrected chi connectivity index (χ2v) is 8.97. The molecule has 26 heavy (non-hydrogen) atoms. The highest BCUT2D eigenvalue weighted by Gasteiger charge is 2.44.